The van der Waals surface area contributed by atoms with Gasteiger partial charge in [-0.05, 0) is 90.7 Å². The first kappa shape index (κ1) is 23.8. The van der Waals surface area contributed by atoms with Crippen molar-refractivity contribution in [1.82, 2.24) is 0 Å². The Bertz CT molecular complexity index is 1550. The quantitative estimate of drug-likeness (QED) is 0.317. The van der Waals surface area contributed by atoms with Gasteiger partial charge in [0.25, 0.3) is 10.0 Å². The third kappa shape index (κ3) is 4.27. The van der Waals surface area contributed by atoms with Gasteiger partial charge < -0.3 is 5.11 Å². The highest BCUT2D eigenvalue weighted by atomic mass is 35.5. The minimum atomic E-state index is -3.90. The Morgan fingerprint density at radius 2 is 1.50 bits per heavy atom. The van der Waals surface area contributed by atoms with Crippen LogP contribution in [0.2, 0.25) is 5.02 Å². The van der Waals surface area contributed by atoms with Crippen LogP contribution in [0.25, 0.3) is 21.9 Å². The van der Waals surface area contributed by atoms with Gasteiger partial charge in [-0.25, -0.2) is 13.2 Å². The van der Waals surface area contributed by atoms with E-state index in [2.05, 4.69) is 4.72 Å². The highest BCUT2D eigenvalue weighted by molar-refractivity contribution is 7.92. The maximum Gasteiger partial charge on any atom is 0.337 e. The molecule has 0 amide bonds. The average Bonchev–Trinajstić information content (AvgIpc) is 2.77. The molecule has 4 aromatic carbocycles. The predicted molar refractivity (Wildman–Crippen MR) is 138 cm³/mol. The molecule has 174 valence electrons. The Labute approximate surface area is 204 Å². The van der Waals surface area contributed by atoms with Crippen LogP contribution in [-0.4, -0.2) is 19.5 Å². The van der Waals surface area contributed by atoms with Gasteiger partial charge in [0.2, 0.25) is 0 Å². The fraction of sp³-hybridized carbons (Fsp3) is 0.148. The number of halogens is 1. The van der Waals surface area contributed by atoms with Crippen LogP contribution in [0.15, 0.2) is 65.6 Å². The summed E-state index contributed by atoms with van der Waals surface area (Å²) in [5.41, 5.74) is 4.92. The Morgan fingerprint density at radius 3 is 2.15 bits per heavy atom. The lowest BCUT2D eigenvalue weighted by molar-refractivity contribution is 0.0697. The monoisotopic (exact) mass is 493 g/mol. The van der Waals surface area contributed by atoms with Crippen LogP contribution in [0.5, 0.6) is 0 Å². The van der Waals surface area contributed by atoms with E-state index in [4.69, 9.17) is 11.6 Å². The van der Waals surface area contributed by atoms with E-state index < -0.39 is 16.0 Å². The summed E-state index contributed by atoms with van der Waals surface area (Å²) in [6.45, 7) is 7.42. The standard InChI is InChI=1S/C27H24ClNO4S/c1-15-11-16(2)18(4)26(17(15)3)34(32,33)29-25-14-21(12-20-7-5-6-8-22(20)25)19-9-10-24(28)23(13-19)27(30)31/h5-14,29H,1-4H3,(H,30,31). The molecule has 5 nitrogen and oxygen atoms in total. The number of hydrogen-bond donors (Lipinski definition) is 2. The van der Waals surface area contributed by atoms with E-state index in [1.165, 1.54) is 12.1 Å². The SMILES string of the molecule is Cc1cc(C)c(C)c(S(=O)(=O)Nc2cc(-c3ccc(Cl)c(C(=O)O)c3)cc3ccccc23)c1C. The van der Waals surface area contributed by atoms with Gasteiger partial charge in [0, 0.05) is 5.39 Å². The molecule has 2 N–H and O–H groups in total. The average molecular weight is 494 g/mol. The van der Waals surface area contributed by atoms with Crippen molar-refractivity contribution in [2.45, 2.75) is 32.6 Å². The third-order valence-electron chi connectivity index (χ3n) is 6.20. The molecule has 0 aromatic heterocycles. The zero-order valence-electron chi connectivity index (χ0n) is 19.2. The maximum absolute atomic E-state index is 13.6. The van der Waals surface area contributed by atoms with Crippen LogP contribution < -0.4 is 4.72 Å². The number of fused-ring (bicyclic) bond motifs is 1. The Hall–Kier alpha value is -3.35. The first-order chi connectivity index (χ1) is 16.0. The Balaban J connectivity index is 1.91. The number of sulfonamides is 1. The van der Waals surface area contributed by atoms with Gasteiger partial charge >= 0.3 is 5.97 Å². The third-order valence-corrected chi connectivity index (χ3v) is 8.17. The van der Waals surface area contributed by atoms with Gasteiger partial charge in [-0.2, -0.15) is 0 Å². The van der Waals surface area contributed by atoms with Crippen LogP contribution in [0.4, 0.5) is 5.69 Å². The van der Waals surface area contributed by atoms with E-state index in [0.29, 0.717) is 27.9 Å². The second kappa shape index (κ2) is 8.78. The number of carboxylic acids is 1. The topological polar surface area (TPSA) is 83.5 Å². The van der Waals surface area contributed by atoms with Crippen molar-refractivity contribution >= 4 is 44.1 Å². The van der Waals surface area contributed by atoms with E-state index >= 15 is 0 Å². The summed E-state index contributed by atoms with van der Waals surface area (Å²) < 4.78 is 30.0. The van der Waals surface area contributed by atoms with Crippen molar-refractivity contribution in [2.24, 2.45) is 0 Å². The van der Waals surface area contributed by atoms with E-state index in [1.54, 1.807) is 12.1 Å². The van der Waals surface area contributed by atoms with Crippen molar-refractivity contribution in [3.63, 3.8) is 0 Å². The molecule has 0 radical (unpaired) electrons. The van der Waals surface area contributed by atoms with Crippen molar-refractivity contribution in [2.75, 3.05) is 4.72 Å². The molecular formula is C27H24ClNO4S. The van der Waals surface area contributed by atoms with Gasteiger partial charge in [0.1, 0.15) is 0 Å². The molecule has 7 heteroatoms. The van der Waals surface area contributed by atoms with Crippen molar-refractivity contribution < 1.29 is 18.3 Å². The number of carbonyl (C=O) groups is 1. The molecule has 0 spiro atoms. The number of benzene rings is 4. The first-order valence-electron chi connectivity index (χ1n) is 10.7. The number of nitrogens with one attached hydrogen (secondary N) is 1. The molecule has 4 rings (SSSR count). The second-order valence-electron chi connectivity index (χ2n) is 8.44. The number of anilines is 1. The minimum absolute atomic E-state index is 0.0176. The van der Waals surface area contributed by atoms with Crippen LogP contribution in [0.1, 0.15) is 32.6 Å². The molecule has 0 bridgehead atoms. The minimum Gasteiger partial charge on any atom is -0.478 e. The van der Waals surface area contributed by atoms with Crippen molar-refractivity contribution in [3.05, 3.63) is 93.5 Å². The number of aromatic carboxylic acids is 1. The molecule has 0 saturated heterocycles. The summed E-state index contributed by atoms with van der Waals surface area (Å²) in [4.78, 5) is 11.8. The van der Waals surface area contributed by atoms with Gasteiger partial charge in [-0.3, -0.25) is 4.72 Å². The fourth-order valence-corrected chi connectivity index (χ4v) is 6.10. The molecule has 4 aromatic rings. The summed E-state index contributed by atoms with van der Waals surface area (Å²) in [5.74, 6) is -1.13. The highest BCUT2D eigenvalue weighted by Crippen LogP contribution is 2.35. The van der Waals surface area contributed by atoms with Crippen molar-refractivity contribution in [3.8, 4) is 11.1 Å². The fourth-order valence-electron chi connectivity index (χ4n) is 4.21. The predicted octanol–water partition coefficient (Wildman–Crippen LogP) is 6.89. The Morgan fingerprint density at radius 1 is 0.853 bits per heavy atom. The molecule has 0 aliphatic heterocycles. The number of aryl methyl sites for hydroxylation is 2. The molecule has 0 aliphatic carbocycles. The van der Waals surface area contributed by atoms with Crippen LogP contribution >= 0.6 is 11.6 Å². The maximum atomic E-state index is 13.6. The summed E-state index contributed by atoms with van der Waals surface area (Å²) in [7, 11) is -3.90. The normalized spacial score (nSPS) is 11.6. The number of hydrogen-bond acceptors (Lipinski definition) is 3. The summed E-state index contributed by atoms with van der Waals surface area (Å²) in [5, 5.41) is 11.2. The zero-order valence-corrected chi connectivity index (χ0v) is 20.8. The van der Waals surface area contributed by atoms with E-state index in [-0.39, 0.29) is 15.5 Å². The summed E-state index contributed by atoms with van der Waals surface area (Å²) in [6.07, 6.45) is 0. The van der Waals surface area contributed by atoms with E-state index in [1.807, 2.05) is 64.1 Å². The number of carboxylic acid groups (broad SMARTS) is 1. The van der Waals surface area contributed by atoms with Gasteiger partial charge in [-0.15, -0.1) is 0 Å². The van der Waals surface area contributed by atoms with Gasteiger partial charge in [-0.1, -0.05) is 48.0 Å². The summed E-state index contributed by atoms with van der Waals surface area (Å²) in [6, 6.07) is 17.8. The van der Waals surface area contributed by atoms with Crippen LogP contribution in [-0.2, 0) is 10.0 Å². The lowest BCUT2D eigenvalue weighted by Crippen LogP contribution is -2.17. The molecule has 34 heavy (non-hydrogen) atoms. The lowest BCUT2D eigenvalue weighted by Gasteiger charge is -2.18. The smallest absolute Gasteiger partial charge is 0.337 e. The molecule has 0 unspecified atom stereocenters. The van der Waals surface area contributed by atoms with E-state index in [0.717, 1.165) is 21.9 Å². The lowest BCUT2D eigenvalue weighted by atomic mass is 9.98. The first-order valence-corrected chi connectivity index (χ1v) is 12.5. The summed E-state index contributed by atoms with van der Waals surface area (Å²) >= 11 is 6.04. The Kier molecular flexibility index (Phi) is 6.14. The molecule has 0 fully saturated rings. The second-order valence-corrected chi connectivity index (χ2v) is 10.5. The van der Waals surface area contributed by atoms with Gasteiger partial charge in [0.05, 0.1) is 21.2 Å². The number of rotatable bonds is 5. The van der Waals surface area contributed by atoms with E-state index in [9.17, 15) is 18.3 Å². The molecule has 0 saturated carbocycles. The van der Waals surface area contributed by atoms with Gasteiger partial charge in [0.15, 0.2) is 0 Å². The molecular weight excluding hydrogens is 470 g/mol. The van der Waals surface area contributed by atoms with Crippen LogP contribution in [0, 0.1) is 27.7 Å². The molecule has 0 heterocycles. The highest BCUT2D eigenvalue weighted by Gasteiger charge is 2.23. The molecule has 0 atom stereocenters. The largest absolute Gasteiger partial charge is 0.478 e. The van der Waals surface area contributed by atoms with Crippen LogP contribution in [0.3, 0.4) is 0 Å². The van der Waals surface area contributed by atoms with Crippen molar-refractivity contribution in [1.29, 1.82) is 0 Å². The molecule has 0 aliphatic rings. The zero-order chi connectivity index (χ0) is 24.8.